The van der Waals surface area contributed by atoms with Crippen molar-refractivity contribution >= 4 is 21.6 Å². The minimum absolute atomic E-state index is 0.258. The fourth-order valence-electron chi connectivity index (χ4n) is 0.979. The van der Waals surface area contributed by atoms with Gasteiger partial charge in [0.15, 0.2) is 0 Å². The molecule has 2 rings (SSSR count). The van der Waals surface area contributed by atoms with Gasteiger partial charge < -0.3 is 9.84 Å². The summed E-state index contributed by atoms with van der Waals surface area (Å²) in [4.78, 5) is 4.16. The Kier molecular flexibility index (Phi) is 1.62. The first-order chi connectivity index (χ1) is 5.79. The average Bonchev–Trinajstić information content (AvgIpc) is 2.46. The molecule has 2 aromatic rings. The van der Waals surface area contributed by atoms with Gasteiger partial charge in [-0.3, -0.25) is 0 Å². The fraction of sp³-hybridized carbons (Fsp3) is 0.125. The second-order valence-corrected chi connectivity index (χ2v) is 3.33. The third-order valence-corrected chi connectivity index (χ3v) is 2.51. The van der Waals surface area contributed by atoms with E-state index in [0.717, 1.165) is 10.2 Å². The lowest BCUT2D eigenvalue weighted by Gasteiger charge is -1.87. The molecule has 0 aliphatic rings. The Balaban J connectivity index is 2.67. The first kappa shape index (κ1) is 7.36. The Morgan fingerprint density at radius 2 is 2.33 bits per heavy atom. The molecule has 0 amide bonds. The van der Waals surface area contributed by atoms with Crippen LogP contribution < -0.4 is 4.74 Å². The summed E-state index contributed by atoms with van der Waals surface area (Å²) in [6.45, 7) is 0. The van der Waals surface area contributed by atoms with Crippen molar-refractivity contribution in [3.05, 3.63) is 18.2 Å². The van der Waals surface area contributed by atoms with E-state index < -0.39 is 0 Å². The predicted molar refractivity (Wildman–Crippen MR) is 47.8 cm³/mol. The van der Waals surface area contributed by atoms with Crippen molar-refractivity contribution in [1.82, 2.24) is 4.98 Å². The summed E-state index contributed by atoms with van der Waals surface area (Å²) in [6.07, 6.45) is 0. The quantitative estimate of drug-likeness (QED) is 0.731. The lowest BCUT2D eigenvalue weighted by atomic mass is 10.3. The Bertz CT molecular complexity index is 410. The number of aromatic nitrogens is 1. The maximum Gasteiger partial charge on any atom is 0.274 e. The molecule has 0 unspecified atom stereocenters. The highest BCUT2D eigenvalue weighted by Gasteiger charge is 2.02. The van der Waals surface area contributed by atoms with Gasteiger partial charge >= 0.3 is 0 Å². The number of benzene rings is 1. The van der Waals surface area contributed by atoms with Gasteiger partial charge in [0, 0.05) is 0 Å². The Morgan fingerprint density at radius 3 is 3.08 bits per heavy atom. The summed E-state index contributed by atoms with van der Waals surface area (Å²) in [5.74, 6) is 0.258. The van der Waals surface area contributed by atoms with E-state index in [2.05, 4.69) is 4.98 Å². The SMILES string of the molecule is COc1nc2ccc(O)cc2s1. The zero-order valence-corrected chi connectivity index (χ0v) is 7.26. The number of hydrogen-bond donors (Lipinski definition) is 1. The normalized spacial score (nSPS) is 10.4. The van der Waals surface area contributed by atoms with Crippen molar-refractivity contribution in [3.8, 4) is 10.9 Å². The molecule has 0 spiro atoms. The standard InChI is InChI=1S/C8H7NO2S/c1-11-8-9-6-3-2-5(10)4-7(6)12-8/h2-4,10H,1H3. The monoisotopic (exact) mass is 181 g/mol. The van der Waals surface area contributed by atoms with Gasteiger partial charge in [-0.15, -0.1) is 0 Å². The van der Waals surface area contributed by atoms with Crippen LogP contribution in [-0.4, -0.2) is 17.2 Å². The average molecular weight is 181 g/mol. The molecule has 3 nitrogen and oxygen atoms in total. The van der Waals surface area contributed by atoms with Crippen LogP contribution in [0, 0.1) is 0 Å². The highest BCUT2D eigenvalue weighted by atomic mass is 32.1. The molecule has 1 N–H and O–H groups in total. The molecule has 0 radical (unpaired) electrons. The lowest BCUT2D eigenvalue weighted by molar-refractivity contribution is 0.413. The molecule has 4 heteroatoms. The van der Waals surface area contributed by atoms with E-state index in [-0.39, 0.29) is 5.75 Å². The zero-order chi connectivity index (χ0) is 8.55. The third kappa shape index (κ3) is 1.10. The van der Waals surface area contributed by atoms with Crippen LogP contribution in [0.1, 0.15) is 0 Å². The highest BCUT2D eigenvalue weighted by Crippen LogP contribution is 2.29. The van der Waals surface area contributed by atoms with E-state index in [0.29, 0.717) is 5.19 Å². The number of ether oxygens (including phenoxy) is 1. The lowest BCUT2D eigenvalue weighted by Crippen LogP contribution is -1.77. The number of nitrogens with zero attached hydrogens (tertiary/aromatic N) is 1. The van der Waals surface area contributed by atoms with Gasteiger partial charge in [-0.1, -0.05) is 11.3 Å². The minimum Gasteiger partial charge on any atom is -0.508 e. The molecule has 0 aliphatic carbocycles. The molecule has 0 fully saturated rings. The van der Waals surface area contributed by atoms with Gasteiger partial charge in [0.2, 0.25) is 0 Å². The first-order valence-corrected chi connectivity index (χ1v) is 4.25. The summed E-state index contributed by atoms with van der Waals surface area (Å²) in [5, 5.41) is 9.77. The molecule has 1 heterocycles. The third-order valence-electron chi connectivity index (χ3n) is 1.53. The van der Waals surface area contributed by atoms with Crippen molar-refractivity contribution < 1.29 is 9.84 Å². The summed E-state index contributed by atoms with van der Waals surface area (Å²) < 4.78 is 5.90. The molecular weight excluding hydrogens is 174 g/mol. The fourth-order valence-corrected chi connectivity index (χ4v) is 1.79. The maximum atomic E-state index is 9.15. The van der Waals surface area contributed by atoms with Gasteiger partial charge in [-0.2, -0.15) is 0 Å². The van der Waals surface area contributed by atoms with Crippen LogP contribution in [-0.2, 0) is 0 Å². The Morgan fingerprint density at radius 1 is 1.50 bits per heavy atom. The van der Waals surface area contributed by atoms with Crippen LogP contribution in [0.4, 0.5) is 0 Å². The molecule has 0 atom stereocenters. The first-order valence-electron chi connectivity index (χ1n) is 3.43. The summed E-state index contributed by atoms with van der Waals surface area (Å²) in [6, 6.07) is 5.06. The minimum atomic E-state index is 0.258. The predicted octanol–water partition coefficient (Wildman–Crippen LogP) is 2.01. The van der Waals surface area contributed by atoms with E-state index >= 15 is 0 Å². The second kappa shape index (κ2) is 2.64. The van der Waals surface area contributed by atoms with E-state index in [1.54, 1.807) is 25.3 Å². The van der Waals surface area contributed by atoms with Gasteiger partial charge in [-0.25, -0.2) is 4.98 Å². The summed E-state index contributed by atoms with van der Waals surface area (Å²) >= 11 is 1.42. The van der Waals surface area contributed by atoms with E-state index in [9.17, 15) is 0 Å². The molecule has 12 heavy (non-hydrogen) atoms. The molecular formula is C8H7NO2S. The van der Waals surface area contributed by atoms with Crippen LogP contribution in [0.15, 0.2) is 18.2 Å². The zero-order valence-electron chi connectivity index (χ0n) is 6.44. The van der Waals surface area contributed by atoms with E-state index in [1.807, 2.05) is 0 Å². The van der Waals surface area contributed by atoms with E-state index in [4.69, 9.17) is 9.84 Å². The number of fused-ring (bicyclic) bond motifs is 1. The number of rotatable bonds is 1. The van der Waals surface area contributed by atoms with Crippen LogP contribution >= 0.6 is 11.3 Å². The van der Waals surface area contributed by atoms with Crippen molar-refractivity contribution in [2.45, 2.75) is 0 Å². The number of phenolic OH excluding ortho intramolecular Hbond substituents is 1. The second-order valence-electron chi connectivity index (χ2n) is 2.34. The van der Waals surface area contributed by atoms with Gasteiger partial charge in [0.1, 0.15) is 5.75 Å². The van der Waals surface area contributed by atoms with Crippen molar-refractivity contribution in [1.29, 1.82) is 0 Å². The topological polar surface area (TPSA) is 42.4 Å². The van der Waals surface area contributed by atoms with Crippen LogP contribution in [0.5, 0.6) is 10.9 Å². The molecule has 62 valence electrons. The van der Waals surface area contributed by atoms with Crippen LogP contribution in [0.3, 0.4) is 0 Å². The van der Waals surface area contributed by atoms with Crippen LogP contribution in [0.25, 0.3) is 10.2 Å². The van der Waals surface area contributed by atoms with Crippen molar-refractivity contribution in [3.63, 3.8) is 0 Å². The van der Waals surface area contributed by atoms with E-state index in [1.165, 1.54) is 11.3 Å². The van der Waals surface area contributed by atoms with Gasteiger partial charge in [0.05, 0.1) is 17.3 Å². The molecule has 0 aliphatic heterocycles. The summed E-state index contributed by atoms with van der Waals surface area (Å²) in [5.41, 5.74) is 0.856. The molecule has 0 saturated heterocycles. The summed E-state index contributed by atoms with van der Waals surface area (Å²) in [7, 11) is 1.58. The molecule has 1 aromatic heterocycles. The highest BCUT2D eigenvalue weighted by molar-refractivity contribution is 7.20. The number of methoxy groups -OCH3 is 1. The molecule has 0 bridgehead atoms. The van der Waals surface area contributed by atoms with Crippen LogP contribution in [0.2, 0.25) is 0 Å². The number of phenols is 1. The Hall–Kier alpha value is -1.29. The van der Waals surface area contributed by atoms with Crippen molar-refractivity contribution in [2.24, 2.45) is 0 Å². The molecule has 0 saturated carbocycles. The number of hydrogen-bond acceptors (Lipinski definition) is 4. The Labute approximate surface area is 73.2 Å². The number of thiazole rings is 1. The van der Waals surface area contributed by atoms with Gasteiger partial charge in [-0.05, 0) is 18.2 Å². The maximum absolute atomic E-state index is 9.15. The van der Waals surface area contributed by atoms with Crippen molar-refractivity contribution in [2.75, 3.05) is 7.11 Å². The largest absolute Gasteiger partial charge is 0.508 e. The molecule has 1 aromatic carbocycles. The number of aromatic hydroxyl groups is 1. The smallest absolute Gasteiger partial charge is 0.274 e. The van der Waals surface area contributed by atoms with Gasteiger partial charge in [0.25, 0.3) is 5.19 Å².